The van der Waals surface area contributed by atoms with Gasteiger partial charge in [-0.3, -0.25) is 4.79 Å². The van der Waals surface area contributed by atoms with Crippen LogP contribution in [-0.2, 0) is 11.0 Å². The largest absolute Gasteiger partial charge is 0.457 e. The minimum Gasteiger partial charge on any atom is -0.457 e. The van der Waals surface area contributed by atoms with E-state index in [1.165, 1.54) is 24.3 Å². The van der Waals surface area contributed by atoms with Crippen LogP contribution in [0.5, 0.6) is 0 Å². The van der Waals surface area contributed by atoms with Crippen LogP contribution in [0, 0.1) is 0 Å². The van der Waals surface area contributed by atoms with Gasteiger partial charge in [0.15, 0.2) is 0 Å². The smallest absolute Gasteiger partial charge is 0.416 e. The molecule has 3 rings (SSSR count). The summed E-state index contributed by atoms with van der Waals surface area (Å²) in [6.07, 6.45) is -1.82. The Morgan fingerprint density at radius 3 is 2.48 bits per heavy atom. The van der Waals surface area contributed by atoms with E-state index in [9.17, 15) is 18.0 Å². The predicted octanol–water partition coefficient (Wildman–Crippen LogP) is 6.38. The van der Waals surface area contributed by atoms with Gasteiger partial charge in [0.1, 0.15) is 11.5 Å². The van der Waals surface area contributed by atoms with Gasteiger partial charge in [-0.2, -0.15) is 13.2 Å². The molecule has 0 spiro atoms. The number of amides is 1. The van der Waals surface area contributed by atoms with Crippen LogP contribution in [0.1, 0.15) is 11.3 Å². The van der Waals surface area contributed by atoms with Crippen LogP contribution in [0.4, 0.5) is 18.9 Å². The maximum atomic E-state index is 12.7. The first kappa shape index (κ1) is 19.0. The van der Waals surface area contributed by atoms with Crippen molar-refractivity contribution in [1.29, 1.82) is 0 Å². The van der Waals surface area contributed by atoms with Crippen LogP contribution in [-0.4, -0.2) is 5.91 Å². The molecule has 0 atom stereocenters. The molecule has 0 saturated carbocycles. The van der Waals surface area contributed by atoms with Crippen molar-refractivity contribution in [2.24, 2.45) is 0 Å². The summed E-state index contributed by atoms with van der Waals surface area (Å²) in [5, 5.41) is 2.40. The van der Waals surface area contributed by atoms with Gasteiger partial charge in [-0.05, 0) is 48.5 Å². The molecule has 1 amide bonds. The maximum absolute atomic E-state index is 12.7. The minimum absolute atomic E-state index is 0.0643. The summed E-state index contributed by atoms with van der Waals surface area (Å²) < 4.78 is 44.7. The van der Waals surface area contributed by atoms with Crippen molar-refractivity contribution in [3.8, 4) is 11.3 Å². The van der Waals surface area contributed by atoms with Crippen molar-refractivity contribution in [2.75, 3.05) is 5.32 Å². The molecule has 0 bridgehead atoms. The molecular formula is C20H13BrF3NO2. The quantitative estimate of drug-likeness (QED) is 0.483. The number of nitrogens with one attached hydrogen (secondary N) is 1. The van der Waals surface area contributed by atoms with E-state index in [0.29, 0.717) is 11.5 Å². The number of hydrogen-bond acceptors (Lipinski definition) is 2. The highest BCUT2D eigenvalue weighted by Crippen LogP contribution is 2.30. The van der Waals surface area contributed by atoms with E-state index < -0.39 is 17.6 Å². The Kier molecular flexibility index (Phi) is 5.51. The summed E-state index contributed by atoms with van der Waals surface area (Å²) in [5.41, 5.74) is 0.121. The van der Waals surface area contributed by atoms with Crippen LogP contribution in [0.2, 0.25) is 0 Å². The molecule has 27 heavy (non-hydrogen) atoms. The van der Waals surface area contributed by atoms with Crippen LogP contribution < -0.4 is 5.32 Å². The summed E-state index contributed by atoms with van der Waals surface area (Å²) in [6, 6.07) is 15.5. The Bertz CT molecular complexity index is 975. The molecule has 7 heteroatoms. The first-order chi connectivity index (χ1) is 12.8. The Morgan fingerprint density at radius 1 is 1.04 bits per heavy atom. The van der Waals surface area contributed by atoms with E-state index in [0.717, 1.165) is 22.2 Å². The zero-order chi connectivity index (χ0) is 19.4. The predicted molar refractivity (Wildman–Crippen MR) is 101 cm³/mol. The monoisotopic (exact) mass is 435 g/mol. The van der Waals surface area contributed by atoms with Gasteiger partial charge in [0.25, 0.3) is 0 Å². The second-order valence-corrected chi connectivity index (χ2v) is 6.53. The molecule has 0 aliphatic rings. The number of furan rings is 1. The van der Waals surface area contributed by atoms with Crippen molar-refractivity contribution >= 4 is 33.6 Å². The van der Waals surface area contributed by atoms with Crippen molar-refractivity contribution in [3.63, 3.8) is 0 Å². The van der Waals surface area contributed by atoms with Crippen LogP contribution in [0.3, 0.4) is 0 Å². The summed E-state index contributed by atoms with van der Waals surface area (Å²) in [5.74, 6) is 0.531. The maximum Gasteiger partial charge on any atom is 0.416 e. The van der Waals surface area contributed by atoms with Crippen LogP contribution in [0.25, 0.3) is 17.4 Å². The van der Waals surface area contributed by atoms with Gasteiger partial charge >= 0.3 is 6.18 Å². The summed E-state index contributed by atoms with van der Waals surface area (Å²) in [7, 11) is 0. The van der Waals surface area contributed by atoms with Crippen molar-refractivity contribution in [2.45, 2.75) is 6.18 Å². The van der Waals surface area contributed by atoms with E-state index >= 15 is 0 Å². The standard InChI is InChI=1S/C20H13BrF3NO2/c21-15-6-4-13(5-7-15)18-10-8-17(27-18)9-11-19(26)25-16-3-1-2-14(12-16)20(22,23)24/h1-12H,(H,25,26)/b11-9+. The van der Waals surface area contributed by atoms with E-state index in [1.54, 1.807) is 12.1 Å². The summed E-state index contributed by atoms with van der Waals surface area (Å²) in [6.45, 7) is 0. The van der Waals surface area contributed by atoms with Gasteiger partial charge in [0, 0.05) is 21.8 Å². The third-order valence-corrected chi connectivity index (χ3v) is 4.14. The first-order valence-corrected chi connectivity index (χ1v) is 8.63. The number of carbonyl (C=O) groups is 1. The first-order valence-electron chi connectivity index (χ1n) is 7.83. The lowest BCUT2D eigenvalue weighted by Gasteiger charge is -2.08. The van der Waals surface area contributed by atoms with E-state index in [4.69, 9.17) is 4.42 Å². The van der Waals surface area contributed by atoms with Gasteiger partial charge in [-0.25, -0.2) is 0 Å². The van der Waals surface area contributed by atoms with E-state index in [2.05, 4.69) is 21.2 Å². The van der Waals surface area contributed by atoms with Gasteiger partial charge in [-0.1, -0.05) is 34.1 Å². The SMILES string of the molecule is O=C(/C=C/c1ccc(-c2ccc(Br)cc2)o1)Nc1cccc(C(F)(F)F)c1. The molecule has 138 valence electrons. The molecule has 1 heterocycles. The zero-order valence-corrected chi connectivity index (χ0v) is 15.3. The van der Waals surface area contributed by atoms with Gasteiger partial charge in [-0.15, -0.1) is 0 Å². The third kappa shape index (κ3) is 5.10. The lowest BCUT2D eigenvalue weighted by atomic mass is 10.2. The topological polar surface area (TPSA) is 42.2 Å². The number of carbonyl (C=O) groups excluding carboxylic acids is 1. The number of benzene rings is 2. The molecule has 3 nitrogen and oxygen atoms in total. The second-order valence-electron chi connectivity index (χ2n) is 5.61. The minimum atomic E-state index is -4.46. The third-order valence-electron chi connectivity index (χ3n) is 3.61. The normalized spacial score (nSPS) is 11.7. The fraction of sp³-hybridized carbons (Fsp3) is 0.0500. The van der Waals surface area contributed by atoms with Crippen molar-refractivity contribution in [1.82, 2.24) is 0 Å². The lowest BCUT2D eigenvalue weighted by Crippen LogP contribution is -2.10. The number of rotatable bonds is 4. The number of halogens is 4. The van der Waals surface area contributed by atoms with Crippen LogP contribution in [0.15, 0.2) is 75.6 Å². The molecule has 1 N–H and O–H groups in total. The second kappa shape index (κ2) is 7.84. The van der Waals surface area contributed by atoms with Gasteiger partial charge in [0.2, 0.25) is 5.91 Å². The Morgan fingerprint density at radius 2 is 1.78 bits per heavy atom. The molecule has 2 aromatic carbocycles. The van der Waals surface area contributed by atoms with Crippen molar-refractivity contribution < 1.29 is 22.4 Å². The van der Waals surface area contributed by atoms with E-state index in [1.807, 2.05) is 24.3 Å². The highest BCUT2D eigenvalue weighted by atomic mass is 79.9. The molecule has 0 unspecified atom stereocenters. The molecule has 3 aromatic rings. The summed E-state index contributed by atoms with van der Waals surface area (Å²) in [4.78, 5) is 11.9. The molecule has 0 fully saturated rings. The lowest BCUT2D eigenvalue weighted by molar-refractivity contribution is -0.137. The average molecular weight is 436 g/mol. The molecular weight excluding hydrogens is 423 g/mol. The van der Waals surface area contributed by atoms with Gasteiger partial charge < -0.3 is 9.73 Å². The Labute approximate surface area is 161 Å². The van der Waals surface area contributed by atoms with Crippen LogP contribution >= 0.6 is 15.9 Å². The average Bonchev–Trinajstić information content (AvgIpc) is 3.09. The molecule has 0 radical (unpaired) electrons. The Balaban J connectivity index is 1.66. The van der Waals surface area contributed by atoms with E-state index in [-0.39, 0.29) is 5.69 Å². The molecule has 0 aliphatic heterocycles. The highest BCUT2D eigenvalue weighted by molar-refractivity contribution is 9.10. The number of hydrogen-bond donors (Lipinski definition) is 1. The Hall–Kier alpha value is -2.80. The molecule has 0 aliphatic carbocycles. The molecule has 0 saturated heterocycles. The zero-order valence-electron chi connectivity index (χ0n) is 13.8. The number of anilines is 1. The van der Waals surface area contributed by atoms with Gasteiger partial charge in [0.05, 0.1) is 5.56 Å². The fourth-order valence-corrected chi connectivity index (χ4v) is 2.59. The van der Waals surface area contributed by atoms with Crippen molar-refractivity contribution in [3.05, 3.63) is 82.5 Å². The number of alkyl halides is 3. The molecule has 1 aromatic heterocycles. The highest BCUT2D eigenvalue weighted by Gasteiger charge is 2.30. The fourth-order valence-electron chi connectivity index (χ4n) is 2.33. The summed E-state index contributed by atoms with van der Waals surface area (Å²) >= 11 is 3.36.